The van der Waals surface area contributed by atoms with Gasteiger partial charge >= 0.3 is 5.97 Å². The van der Waals surface area contributed by atoms with Crippen LogP contribution in [-0.2, 0) is 6.42 Å². The highest BCUT2D eigenvalue weighted by Gasteiger charge is 2.15. The summed E-state index contributed by atoms with van der Waals surface area (Å²) in [4.78, 5) is 18.1. The Morgan fingerprint density at radius 1 is 1.50 bits per heavy atom. The standard InChI is InChI=1S/C13H16N2O2S/c1-13(2,3)5-11-15-10(7-18-11)8-4-9(12(16)17)14-6-8/h4,6-7,14H,5H2,1-3H3,(H,16,17). The number of hydrogen-bond donors (Lipinski definition) is 2. The van der Waals surface area contributed by atoms with Gasteiger partial charge in [-0.15, -0.1) is 11.3 Å². The van der Waals surface area contributed by atoms with Crippen molar-refractivity contribution in [2.75, 3.05) is 0 Å². The number of carbonyl (C=O) groups is 1. The monoisotopic (exact) mass is 264 g/mol. The maximum Gasteiger partial charge on any atom is 0.352 e. The summed E-state index contributed by atoms with van der Waals surface area (Å²) in [6, 6.07) is 1.61. The number of nitrogens with one attached hydrogen (secondary N) is 1. The summed E-state index contributed by atoms with van der Waals surface area (Å²) in [7, 11) is 0. The summed E-state index contributed by atoms with van der Waals surface area (Å²) in [5.41, 5.74) is 2.06. The number of aromatic carboxylic acids is 1. The number of hydrogen-bond acceptors (Lipinski definition) is 3. The van der Waals surface area contributed by atoms with Gasteiger partial charge in [-0.2, -0.15) is 0 Å². The fraction of sp³-hybridized carbons (Fsp3) is 0.385. The van der Waals surface area contributed by atoms with Crippen LogP contribution in [-0.4, -0.2) is 21.0 Å². The second-order valence-corrected chi connectivity index (χ2v) is 6.41. The molecule has 0 aliphatic carbocycles. The Labute approximate surface area is 110 Å². The summed E-state index contributed by atoms with van der Waals surface area (Å²) >= 11 is 1.62. The SMILES string of the molecule is CC(C)(C)Cc1nc(-c2c[nH]c(C(=O)O)c2)cs1. The van der Waals surface area contributed by atoms with Crippen molar-refractivity contribution in [1.29, 1.82) is 0 Å². The second-order valence-electron chi connectivity index (χ2n) is 5.47. The van der Waals surface area contributed by atoms with Gasteiger partial charge in [0.1, 0.15) is 5.69 Å². The molecular weight excluding hydrogens is 248 g/mol. The minimum absolute atomic E-state index is 0.190. The summed E-state index contributed by atoms with van der Waals surface area (Å²) in [5, 5.41) is 11.9. The summed E-state index contributed by atoms with van der Waals surface area (Å²) in [5.74, 6) is -0.952. The van der Waals surface area contributed by atoms with Gasteiger partial charge in [0.2, 0.25) is 0 Å². The van der Waals surface area contributed by atoms with E-state index in [4.69, 9.17) is 5.11 Å². The van der Waals surface area contributed by atoms with Crippen molar-refractivity contribution in [2.45, 2.75) is 27.2 Å². The average molecular weight is 264 g/mol. The van der Waals surface area contributed by atoms with Crippen LogP contribution >= 0.6 is 11.3 Å². The highest BCUT2D eigenvalue weighted by Crippen LogP contribution is 2.27. The first-order valence-corrected chi connectivity index (χ1v) is 6.59. The van der Waals surface area contributed by atoms with E-state index in [2.05, 4.69) is 30.7 Å². The predicted octanol–water partition coefficient (Wildman–Crippen LogP) is 3.43. The van der Waals surface area contributed by atoms with Crippen LogP contribution in [0.3, 0.4) is 0 Å². The fourth-order valence-corrected chi connectivity index (χ4v) is 2.75. The molecule has 0 unspecified atom stereocenters. The molecule has 0 radical (unpaired) electrons. The van der Waals surface area contributed by atoms with Crippen LogP contribution in [0.2, 0.25) is 0 Å². The Kier molecular flexibility index (Phi) is 3.26. The second kappa shape index (κ2) is 4.57. The third-order valence-corrected chi connectivity index (χ3v) is 3.29. The summed E-state index contributed by atoms with van der Waals surface area (Å²) < 4.78 is 0. The molecule has 5 heteroatoms. The van der Waals surface area contributed by atoms with Crippen molar-refractivity contribution < 1.29 is 9.90 Å². The highest BCUT2D eigenvalue weighted by molar-refractivity contribution is 7.09. The zero-order chi connectivity index (χ0) is 13.3. The minimum Gasteiger partial charge on any atom is -0.477 e. The van der Waals surface area contributed by atoms with Crippen molar-refractivity contribution in [3.8, 4) is 11.3 Å². The van der Waals surface area contributed by atoms with Gasteiger partial charge in [-0.1, -0.05) is 20.8 Å². The van der Waals surface area contributed by atoms with Crippen LogP contribution in [0.1, 0.15) is 36.3 Å². The van der Waals surface area contributed by atoms with E-state index >= 15 is 0 Å². The first kappa shape index (κ1) is 12.8. The van der Waals surface area contributed by atoms with Crippen molar-refractivity contribution in [3.63, 3.8) is 0 Å². The first-order valence-electron chi connectivity index (χ1n) is 5.72. The van der Waals surface area contributed by atoms with Crippen LogP contribution in [0.4, 0.5) is 0 Å². The lowest BCUT2D eigenvalue weighted by Crippen LogP contribution is -2.08. The lowest BCUT2D eigenvalue weighted by Gasteiger charge is -2.15. The third kappa shape index (κ3) is 2.98. The molecule has 0 aliphatic rings. The van der Waals surface area contributed by atoms with Crippen LogP contribution < -0.4 is 0 Å². The molecule has 0 saturated heterocycles. The lowest BCUT2D eigenvalue weighted by atomic mass is 9.93. The van der Waals surface area contributed by atoms with E-state index in [9.17, 15) is 4.79 Å². The van der Waals surface area contributed by atoms with Gasteiger partial charge < -0.3 is 10.1 Å². The van der Waals surface area contributed by atoms with Crippen LogP contribution in [0.5, 0.6) is 0 Å². The quantitative estimate of drug-likeness (QED) is 0.892. The lowest BCUT2D eigenvalue weighted by molar-refractivity contribution is 0.0691. The number of aromatic amines is 1. The predicted molar refractivity (Wildman–Crippen MR) is 72.0 cm³/mol. The first-order chi connectivity index (χ1) is 8.35. The Hall–Kier alpha value is -1.62. The van der Waals surface area contributed by atoms with Gasteiger partial charge in [0.25, 0.3) is 0 Å². The Balaban J connectivity index is 2.21. The number of H-pyrrole nitrogens is 1. The summed E-state index contributed by atoms with van der Waals surface area (Å²) in [6.07, 6.45) is 2.60. The molecule has 96 valence electrons. The molecule has 0 saturated carbocycles. The molecule has 0 aromatic carbocycles. The molecule has 18 heavy (non-hydrogen) atoms. The number of carboxylic acids is 1. The third-order valence-electron chi connectivity index (χ3n) is 2.44. The average Bonchev–Trinajstić information content (AvgIpc) is 2.81. The molecule has 2 N–H and O–H groups in total. The van der Waals surface area contributed by atoms with Crippen molar-refractivity contribution in [2.24, 2.45) is 5.41 Å². The zero-order valence-corrected chi connectivity index (χ0v) is 11.5. The number of nitrogens with zero attached hydrogens (tertiary/aromatic N) is 1. The van der Waals surface area contributed by atoms with E-state index in [1.54, 1.807) is 23.6 Å². The maximum absolute atomic E-state index is 10.8. The minimum atomic E-state index is -0.952. The highest BCUT2D eigenvalue weighted by atomic mass is 32.1. The van der Waals surface area contributed by atoms with E-state index in [1.165, 1.54) is 0 Å². The molecule has 2 aromatic heterocycles. The largest absolute Gasteiger partial charge is 0.477 e. The molecule has 4 nitrogen and oxygen atoms in total. The molecule has 0 atom stereocenters. The number of thiazole rings is 1. The topological polar surface area (TPSA) is 66.0 Å². The number of aromatic nitrogens is 2. The number of carboxylic acid groups (broad SMARTS) is 1. The molecule has 0 bridgehead atoms. The Morgan fingerprint density at radius 3 is 2.78 bits per heavy atom. The van der Waals surface area contributed by atoms with Gasteiger partial charge in [0, 0.05) is 23.6 Å². The van der Waals surface area contributed by atoms with Gasteiger partial charge in [-0.25, -0.2) is 9.78 Å². The van der Waals surface area contributed by atoms with Crippen molar-refractivity contribution in [3.05, 3.63) is 28.3 Å². The Morgan fingerprint density at radius 2 is 2.22 bits per heavy atom. The van der Waals surface area contributed by atoms with Crippen LogP contribution in [0, 0.1) is 5.41 Å². The zero-order valence-electron chi connectivity index (χ0n) is 10.7. The van der Waals surface area contributed by atoms with Gasteiger partial charge in [-0.05, 0) is 11.5 Å². The van der Waals surface area contributed by atoms with E-state index < -0.39 is 5.97 Å². The molecule has 2 aromatic rings. The normalized spacial score (nSPS) is 11.7. The molecular formula is C13H16N2O2S. The molecule has 0 aliphatic heterocycles. The molecule has 2 heterocycles. The number of rotatable bonds is 3. The van der Waals surface area contributed by atoms with Crippen molar-refractivity contribution in [1.82, 2.24) is 9.97 Å². The summed E-state index contributed by atoms with van der Waals surface area (Å²) in [6.45, 7) is 6.52. The maximum atomic E-state index is 10.8. The van der Waals surface area contributed by atoms with Gasteiger partial charge in [0.15, 0.2) is 0 Å². The van der Waals surface area contributed by atoms with Gasteiger partial charge in [-0.3, -0.25) is 0 Å². The smallest absolute Gasteiger partial charge is 0.352 e. The van der Waals surface area contributed by atoms with Gasteiger partial charge in [0.05, 0.1) is 10.7 Å². The molecule has 0 spiro atoms. The fourth-order valence-electron chi connectivity index (χ4n) is 1.64. The van der Waals surface area contributed by atoms with Crippen molar-refractivity contribution >= 4 is 17.3 Å². The van der Waals surface area contributed by atoms with E-state index in [-0.39, 0.29) is 11.1 Å². The molecule has 0 amide bonds. The van der Waals surface area contributed by atoms with E-state index in [0.29, 0.717) is 0 Å². The Bertz CT molecular complexity index is 564. The van der Waals surface area contributed by atoms with E-state index in [0.717, 1.165) is 22.7 Å². The van der Waals surface area contributed by atoms with Crippen LogP contribution in [0.15, 0.2) is 17.6 Å². The molecule has 2 rings (SSSR count). The molecule has 0 fully saturated rings. The van der Waals surface area contributed by atoms with E-state index in [1.807, 2.05) is 5.38 Å². The van der Waals surface area contributed by atoms with Crippen LogP contribution in [0.25, 0.3) is 11.3 Å².